The van der Waals surface area contributed by atoms with Gasteiger partial charge in [0.05, 0.1) is 18.3 Å². The fraction of sp³-hybridized carbons (Fsp3) is 0.600. The predicted molar refractivity (Wildman–Crippen MR) is 87.0 cm³/mol. The molecular weight excluding hydrogens is 304 g/mol. The molecule has 0 aliphatic heterocycles. The van der Waals surface area contributed by atoms with Crippen LogP contribution >= 0.6 is 0 Å². The van der Waals surface area contributed by atoms with Gasteiger partial charge in [0, 0.05) is 18.7 Å². The molecule has 0 aromatic carbocycles. The van der Waals surface area contributed by atoms with E-state index in [2.05, 4.69) is 20.8 Å². The smallest absolute Gasteiger partial charge is 0.279 e. The van der Waals surface area contributed by atoms with Crippen molar-refractivity contribution in [2.75, 3.05) is 32.5 Å². The molecule has 2 N–H and O–H groups in total. The highest BCUT2D eigenvalue weighted by Gasteiger charge is 2.37. The maximum atomic E-state index is 14.0. The lowest BCUT2D eigenvalue weighted by Gasteiger charge is -2.27. The molecule has 1 rings (SSSR count). The zero-order valence-electron chi connectivity index (χ0n) is 14.2. The molecule has 0 aliphatic carbocycles. The molecule has 0 radical (unpaired) electrons. The molecule has 23 heavy (non-hydrogen) atoms. The topological polar surface area (TPSA) is 62.3 Å². The van der Waals surface area contributed by atoms with E-state index in [1.165, 1.54) is 18.2 Å². The Kier molecular flexibility index (Phi) is 7.31. The number of nitrogens with zero attached hydrogens (tertiary/aromatic N) is 3. The van der Waals surface area contributed by atoms with Gasteiger partial charge in [-0.25, -0.2) is 18.7 Å². The minimum atomic E-state index is -2.88. The minimum absolute atomic E-state index is 0.339. The summed E-state index contributed by atoms with van der Waals surface area (Å²) in [6.07, 6.45) is 3.02. The summed E-state index contributed by atoms with van der Waals surface area (Å²) in [4.78, 5) is 14.7. The molecular formula is C15H25F2N5O. The van der Waals surface area contributed by atoms with E-state index in [1.807, 2.05) is 6.92 Å². The monoisotopic (exact) mass is 329 g/mol. The maximum absolute atomic E-state index is 14.0. The summed E-state index contributed by atoms with van der Waals surface area (Å²) in [7, 11) is 3.22. The van der Waals surface area contributed by atoms with E-state index in [9.17, 15) is 8.78 Å². The fourth-order valence-electron chi connectivity index (χ4n) is 1.84. The Bertz CT molecular complexity index is 522. The van der Waals surface area contributed by atoms with Gasteiger partial charge in [0.15, 0.2) is 0 Å². The highest BCUT2D eigenvalue weighted by molar-refractivity contribution is 5.51. The van der Waals surface area contributed by atoms with Gasteiger partial charge in [0.2, 0.25) is 0 Å². The lowest BCUT2D eigenvalue weighted by Crippen LogP contribution is -2.45. The Labute approximate surface area is 135 Å². The van der Waals surface area contributed by atoms with Gasteiger partial charge >= 0.3 is 0 Å². The van der Waals surface area contributed by atoms with Crippen LogP contribution in [-0.4, -0.2) is 54.0 Å². The van der Waals surface area contributed by atoms with E-state index < -0.39 is 12.0 Å². The molecule has 1 unspecified atom stereocenters. The van der Waals surface area contributed by atoms with Crippen molar-refractivity contribution in [1.82, 2.24) is 20.3 Å². The SMILES string of the molecule is CCNO/C(C)=C/c1cc(NC(C)C(F)(F)CN(C)C)ncn1. The first-order valence-electron chi connectivity index (χ1n) is 7.43. The number of alkyl halides is 2. The second kappa shape index (κ2) is 8.73. The summed E-state index contributed by atoms with van der Waals surface area (Å²) in [6.45, 7) is 5.44. The van der Waals surface area contributed by atoms with Crippen LogP contribution in [0.5, 0.6) is 0 Å². The number of hydrogen-bond acceptors (Lipinski definition) is 6. The quantitative estimate of drug-likeness (QED) is 0.536. The van der Waals surface area contributed by atoms with Crippen LogP contribution < -0.4 is 10.8 Å². The highest BCUT2D eigenvalue weighted by atomic mass is 19.3. The van der Waals surface area contributed by atoms with Crippen LogP contribution in [0.3, 0.4) is 0 Å². The van der Waals surface area contributed by atoms with Crippen molar-refractivity contribution in [2.24, 2.45) is 0 Å². The molecule has 1 aromatic rings. The Morgan fingerprint density at radius 2 is 2.13 bits per heavy atom. The van der Waals surface area contributed by atoms with Gasteiger partial charge in [-0.1, -0.05) is 0 Å². The van der Waals surface area contributed by atoms with E-state index in [4.69, 9.17) is 4.84 Å². The molecule has 130 valence electrons. The van der Waals surface area contributed by atoms with Crippen LogP contribution in [0.1, 0.15) is 26.5 Å². The summed E-state index contributed by atoms with van der Waals surface area (Å²) < 4.78 is 28.0. The van der Waals surface area contributed by atoms with Crippen LogP contribution in [0.25, 0.3) is 6.08 Å². The molecule has 0 fully saturated rings. The fourth-order valence-corrected chi connectivity index (χ4v) is 1.84. The van der Waals surface area contributed by atoms with Crippen molar-refractivity contribution >= 4 is 11.9 Å². The molecule has 1 heterocycles. The molecule has 0 amide bonds. The first-order chi connectivity index (χ1) is 10.7. The number of hydrogen-bond donors (Lipinski definition) is 2. The minimum Gasteiger partial charge on any atom is -0.413 e. The van der Waals surface area contributed by atoms with Crippen LogP contribution in [0.15, 0.2) is 18.2 Å². The number of aromatic nitrogens is 2. The van der Waals surface area contributed by atoms with Gasteiger partial charge in [-0.3, -0.25) is 0 Å². The Morgan fingerprint density at radius 3 is 2.74 bits per heavy atom. The Morgan fingerprint density at radius 1 is 1.43 bits per heavy atom. The van der Waals surface area contributed by atoms with Gasteiger partial charge in [0.1, 0.15) is 17.9 Å². The number of nitrogens with one attached hydrogen (secondary N) is 2. The first kappa shape index (κ1) is 19.2. The van der Waals surface area contributed by atoms with Gasteiger partial charge in [-0.05, 0) is 34.9 Å². The number of rotatable bonds is 9. The Balaban J connectivity index is 2.77. The maximum Gasteiger partial charge on any atom is 0.279 e. The zero-order valence-corrected chi connectivity index (χ0v) is 14.2. The standard InChI is InChI=1S/C15H25F2N5O/c1-6-20-23-11(2)7-13-8-14(19-10-18-13)21-12(3)15(16,17)9-22(4)5/h7-8,10,12,20H,6,9H2,1-5H3,(H,18,19,21)/b11-7+. The molecule has 0 spiro atoms. The predicted octanol–water partition coefficient (Wildman–Crippen LogP) is 2.38. The highest BCUT2D eigenvalue weighted by Crippen LogP contribution is 2.22. The van der Waals surface area contributed by atoms with Crippen LogP contribution in [0.2, 0.25) is 0 Å². The zero-order chi connectivity index (χ0) is 17.5. The Hall–Kier alpha value is -1.80. The second-order valence-corrected chi connectivity index (χ2v) is 5.55. The van der Waals surface area contributed by atoms with Gasteiger partial charge < -0.3 is 15.1 Å². The van der Waals surface area contributed by atoms with Crippen LogP contribution in [-0.2, 0) is 4.84 Å². The lowest BCUT2D eigenvalue weighted by atomic mass is 10.1. The third-order valence-corrected chi connectivity index (χ3v) is 2.94. The van der Waals surface area contributed by atoms with E-state index in [1.54, 1.807) is 33.2 Å². The second-order valence-electron chi connectivity index (χ2n) is 5.55. The summed E-state index contributed by atoms with van der Waals surface area (Å²) in [5, 5.41) is 2.73. The van der Waals surface area contributed by atoms with Crippen molar-refractivity contribution in [3.63, 3.8) is 0 Å². The average molecular weight is 329 g/mol. The molecule has 0 saturated carbocycles. The van der Waals surface area contributed by atoms with Gasteiger partial charge in [-0.2, -0.15) is 5.48 Å². The molecule has 8 heteroatoms. The third-order valence-electron chi connectivity index (χ3n) is 2.94. The molecule has 1 aromatic heterocycles. The van der Waals surface area contributed by atoms with Crippen molar-refractivity contribution in [1.29, 1.82) is 0 Å². The first-order valence-corrected chi connectivity index (χ1v) is 7.43. The number of allylic oxidation sites excluding steroid dienone is 1. The molecule has 0 bridgehead atoms. The van der Waals surface area contributed by atoms with Crippen molar-refractivity contribution < 1.29 is 13.6 Å². The van der Waals surface area contributed by atoms with E-state index >= 15 is 0 Å². The average Bonchev–Trinajstić information content (AvgIpc) is 2.44. The summed E-state index contributed by atoms with van der Waals surface area (Å²) in [5.74, 6) is -1.93. The van der Waals surface area contributed by atoms with Crippen molar-refractivity contribution in [3.8, 4) is 0 Å². The van der Waals surface area contributed by atoms with Crippen LogP contribution in [0, 0.1) is 0 Å². The summed E-state index contributed by atoms with van der Waals surface area (Å²) in [5.41, 5.74) is 3.29. The van der Waals surface area contributed by atoms with Crippen molar-refractivity contribution in [2.45, 2.75) is 32.7 Å². The van der Waals surface area contributed by atoms with E-state index in [-0.39, 0.29) is 6.54 Å². The number of hydroxylamine groups is 1. The van der Waals surface area contributed by atoms with E-state index in [0.717, 1.165) is 0 Å². The normalized spacial score (nSPS) is 14.0. The number of anilines is 1. The molecule has 0 saturated heterocycles. The molecule has 6 nitrogen and oxygen atoms in total. The number of halogens is 2. The van der Waals surface area contributed by atoms with Crippen molar-refractivity contribution in [3.05, 3.63) is 23.8 Å². The van der Waals surface area contributed by atoms with E-state index in [0.29, 0.717) is 23.8 Å². The molecule has 0 aliphatic rings. The third kappa shape index (κ3) is 6.87. The summed E-state index contributed by atoms with van der Waals surface area (Å²) >= 11 is 0. The molecule has 1 atom stereocenters. The largest absolute Gasteiger partial charge is 0.413 e. The summed E-state index contributed by atoms with van der Waals surface area (Å²) in [6, 6.07) is 0.539. The van der Waals surface area contributed by atoms with Gasteiger partial charge in [-0.15, -0.1) is 0 Å². The lowest BCUT2D eigenvalue weighted by molar-refractivity contribution is -0.0340. The van der Waals surface area contributed by atoms with Gasteiger partial charge in [0.25, 0.3) is 5.92 Å². The van der Waals surface area contributed by atoms with Crippen LogP contribution in [0.4, 0.5) is 14.6 Å².